The lowest BCUT2D eigenvalue weighted by Gasteiger charge is -2.35. The first kappa shape index (κ1) is 34.9. The Labute approximate surface area is 259 Å². The van der Waals surface area contributed by atoms with E-state index in [9.17, 15) is 20.0 Å². The van der Waals surface area contributed by atoms with E-state index in [-0.39, 0.29) is 30.7 Å². The van der Waals surface area contributed by atoms with E-state index in [1.54, 1.807) is 37.7 Å². The van der Waals surface area contributed by atoms with Crippen molar-refractivity contribution < 1.29 is 24.2 Å². The Morgan fingerprint density at radius 1 is 1.17 bits per heavy atom. The van der Waals surface area contributed by atoms with Gasteiger partial charge in [0.25, 0.3) is 0 Å². The highest BCUT2D eigenvalue weighted by molar-refractivity contribution is 7.17. The van der Waals surface area contributed by atoms with E-state index in [1.165, 1.54) is 0 Å². The standard InChI is InChI=1S/C31H42N4O5S.ClH/c1-5-34(6-2)15-7-14-33-29(36)20-26(31(37)38)22-12-16-35(17-13-22)30-11-9-25(41-30)18-24(21-32)23-8-10-27(39-3)28(19-23)40-4;/h8-11,18-19,22,26H,5-7,12-17,20H2,1-4H3,(H,33,36)(H,37,38);1H/b24-18+;. The fourth-order valence-electron chi connectivity index (χ4n) is 5.24. The number of nitrogens with zero attached hydrogens (tertiary/aromatic N) is 3. The highest BCUT2D eigenvalue weighted by atomic mass is 35.5. The minimum atomic E-state index is -0.899. The number of ether oxygens (including phenoxy) is 2. The zero-order valence-corrected chi connectivity index (χ0v) is 26.6. The SMILES string of the molecule is CCN(CC)CCCNC(=O)CC(C(=O)O)C1CCN(c2ccc(/C=C(\C#N)c3ccc(OC)c(OC)c3)s2)CC1.Cl. The molecule has 2 N–H and O–H groups in total. The maximum Gasteiger partial charge on any atom is 0.307 e. The molecule has 0 aliphatic carbocycles. The Kier molecular flexibility index (Phi) is 14.7. The van der Waals surface area contributed by atoms with Gasteiger partial charge in [-0.05, 0) is 86.8 Å². The fourth-order valence-corrected chi connectivity index (χ4v) is 6.24. The van der Waals surface area contributed by atoms with Crippen LogP contribution in [0.15, 0.2) is 30.3 Å². The molecule has 1 amide bonds. The Balaban J connectivity index is 0.00000616. The number of aliphatic carboxylic acids is 1. The van der Waals surface area contributed by atoms with Crippen molar-refractivity contribution in [3.05, 3.63) is 40.8 Å². The smallest absolute Gasteiger partial charge is 0.307 e. The highest BCUT2D eigenvalue weighted by Crippen LogP contribution is 2.36. The number of carboxylic acid groups (broad SMARTS) is 1. The summed E-state index contributed by atoms with van der Waals surface area (Å²) in [5, 5.41) is 23.7. The van der Waals surface area contributed by atoms with Gasteiger partial charge in [-0.25, -0.2) is 0 Å². The monoisotopic (exact) mass is 618 g/mol. The van der Waals surface area contributed by atoms with E-state index in [0.717, 1.165) is 54.6 Å². The van der Waals surface area contributed by atoms with Crippen LogP contribution in [0, 0.1) is 23.2 Å². The number of piperidine rings is 1. The van der Waals surface area contributed by atoms with E-state index in [4.69, 9.17) is 9.47 Å². The molecule has 230 valence electrons. The van der Waals surface area contributed by atoms with Crippen LogP contribution in [0.3, 0.4) is 0 Å². The summed E-state index contributed by atoms with van der Waals surface area (Å²) in [6.07, 6.45) is 4.16. The van der Waals surface area contributed by atoms with Crippen molar-refractivity contribution >= 4 is 52.3 Å². The van der Waals surface area contributed by atoms with Gasteiger partial charge in [0.15, 0.2) is 11.5 Å². The second kappa shape index (κ2) is 17.6. The molecular weight excluding hydrogens is 576 g/mol. The Morgan fingerprint density at radius 2 is 1.86 bits per heavy atom. The van der Waals surface area contributed by atoms with Gasteiger partial charge in [0.1, 0.15) is 0 Å². The first-order valence-corrected chi connectivity index (χ1v) is 15.1. The summed E-state index contributed by atoms with van der Waals surface area (Å²) in [5.41, 5.74) is 1.27. The predicted octanol–water partition coefficient (Wildman–Crippen LogP) is 5.41. The molecule has 3 rings (SSSR count). The second-order valence-corrected chi connectivity index (χ2v) is 11.2. The molecule has 2 heterocycles. The third-order valence-electron chi connectivity index (χ3n) is 7.72. The summed E-state index contributed by atoms with van der Waals surface area (Å²) in [6.45, 7) is 9.13. The molecule has 0 saturated carbocycles. The molecule has 2 aromatic rings. The molecule has 1 aliphatic heterocycles. The number of thiophene rings is 1. The predicted molar refractivity (Wildman–Crippen MR) is 171 cm³/mol. The van der Waals surface area contributed by atoms with Gasteiger partial charge < -0.3 is 29.7 Å². The number of carbonyl (C=O) groups is 2. The van der Waals surface area contributed by atoms with Gasteiger partial charge in [-0.15, -0.1) is 23.7 Å². The average molecular weight is 619 g/mol. The largest absolute Gasteiger partial charge is 0.493 e. The molecule has 0 bridgehead atoms. The summed E-state index contributed by atoms with van der Waals surface area (Å²) in [5.74, 6) is -0.636. The number of hydrogen-bond donors (Lipinski definition) is 2. The molecule has 0 radical (unpaired) electrons. The maximum absolute atomic E-state index is 12.5. The zero-order valence-electron chi connectivity index (χ0n) is 24.9. The van der Waals surface area contributed by atoms with Gasteiger partial charge >= 0.3 is 5.97 Å². The third-order valence-corrected chi connectivity index (χ3v) is 8.82. The molecule has 1 atom stereocenters. The number of nitrogens with one attached hydrogen (secondary N) is 1. The molecular formula is C31H43ClN4O5S. The Bertz CT molecular complexity index is 1230. The van der Waals surface area contributed by atoms with E-state index in [1.807, 2.05) is 24.3 Å². The van der Waals surface area contributed by atoms with Crippen LogP contribution < -0.4 is 19.7 Å². The molecule has 0 spiro atoms. The van der Waals surface area contributed by atoms with Gasteiger partial charge in [0.05, 0.1) is 36.8 Å². The normalized spacial score (nSPS) is 14.6. The number of carbonyl (C=O) groups excluding carboxylic acids is 1. The van der Waals surface area contributed by atoms with Crippen LogP contribution >= 0.6 is 23.7 Å². The summed E-state index contributed by atoms with van der Waals surface area (Å²) in [4.78, 5) is 30.1. The topological polar surface area (TPSA) is 115 Å². The lowest BCUT2D eigenvalue weighted by molar-refractivity contribution is -0.146. The fraction of sp³-hybridized carbons (Fsp3) is 0.516. The Morgan fingerprint density at radius 3 is 2.45 bits per heavy atom. The lowest BCUT2D eigenvalue weighted by atomic mass is 9.82. The number of benzene rings is 1. The van der Waals surface area contributed by atoms with Crippen molar-refractivity contribution in [2.45, 2.75) is 39.5 Å². The lowest BCUT2D eigenvalue weighted by Crippen LogP contribution is -2.40. The number of nitriles is 1. The quantitative estimate of drug-likeness (QED) is 0.201. The molecule has 1 saturated heterocycles. The van der Waals surface area contributed by atoms with Gasteiger partial charge in [0.2, 0.25) is 5.91 Å². The minimum Gasteiger partial charge on any atom is -0.493 e. The zero-order chi connectivity index (χ0) is 29.8. The first-order chi connectivity index (χ1) is 19.8. The molecule has 1 fully saturated rings. The number of rotatable bonds is 15. The average Bonchev–Trinajstić information content (AvgIpc) is 3.47. The van der Waals surface area contributed by atoms with Gasteiger partial charge in [-0.2, -0.15) is 5.26 Å². The van der Waals surface area contributed by atoms with Crippen molar-refractivity contribution in [1.29, 1.82) is 5.26 Å². The van der Waals surface area contributed by atoms with Crippen LogP contribution in [0.5, 0.6) is 11.5 Å². The van der Waals surface area contributed by atoms with Gasteiger partial charge in [-0.1, -0.05) is 13.8 Å². The maximum atomic E-state index is 12.5. The van der Waals surface area contributed by atoms with Crippen molar-refractivity contribution in [2.24, 2.45) is 11.8 Å². The highest BCUT2D eigenvalue weighted by Gasteiger charge is 2.33. The number of methoxy groups -OCH3 is 2. The van der Waals surface area contributed by atoms with Crippen LogP contribution in [0.25, 0.3) is 11.6 Å². The van der Waals surface area contributed by atoms with E-state index in [0.29, 0.717) is 36.5 Å². The van der Waals surface area contributed by atoms with Crippen LogP contribution in [0.2, 0.25) is 0 Å². The van der Waals surface area contributed by atoms with Crippen LogP contribution in [-0.2, 0) is 9.59 Å². The van der Waals surface area contributed by atoms with Crippen molar-refractivity contribution in [3.8, 4) is 17.6 Å². The third kappa shape index (κ3) is 9.65. The number of allylic oxidation sites excluding steroid dienone is 1. The van der Waals surface area contributed by atoms with E-state index >= 15 is 0 Å². The molecule has 1 aromatic heterocycles. The summed E-state index contributed by atoms with van der Waals surface area (Å²) >= 11 is 1.60. The first-order valence-electron chi connectivity index (χ1n) is 14.2. The molecule has 1 aliphatic rings. The second-order valence-electron chi connectivity index (χ2n) is 10.1. The van der Waals surface area contributed by atoms with Crippen molar-refractivity contribution in [3.63, 3.8) is 0 Å². The number of carboxylic acids is 1. The molecule has 42 heavy (non-hydrogen) atoms. The summed E-state index contributed by atoms with van der Waals surface area (Å²) in [7, 11) is 3.14. The molecule has 11 heteroatoms. The number of anilines is 1. The van der Waals surface area contributed by atoms with Crippen LogP contribution in [0.1, 0.15) is 50.0 Å². The number of hydrogen-bond acceptors (Lipinski definition) is 8. The summed E-state index contributed by atoms with van der Waals surface area (Å²) in [6, 6.07) is 11.7. The molecule has 1 unspecified atom stereocenters. The minimum absolute atomic E-state index is 0. The van der Waals surface area contributed by atoms with Crippen molar-refractivity contribution in [2.75, 3.05) is 58.4 Å². The van der Waals surface area contributed by atoms with E-state index in [2.05, 4.69) is 35.0 Å². The van der Waals surface area contributed by atoms with Gasteiger partial charge in [0, 0.05) is 30.9 Å². The van der Waals surface area contributed by atoms with Crippen molar-refractivity contribution in [1.82, 2.24) is 10.2 Å². The van der Waals surface area contributed by atoms with Crippen LogP contribution in [-0.4, -0.2) is 75.4 Å². The Hall–Kier alpha value is -3.26. The molecule has 1 aromatic carbocycles. The number of halogens is 1. The summed E-state index contributed by atoms with van der Waals surface area (Å²) < 4.78 is 10.7. The molecule has 9 nitrogen and oxygen atoms in total. The van der Waals surface area contributed by atoms with Crippen LogP contribution in [0.4, 0.5) is 5.00 Å². The van der Waals surface area contributed by atoms with E-state index < -0.39 is 11.9 Å². The van der Waals surface area contributed by atoms with Gasteiger partial charge in [-0.3, -0.25) is 9.59 Å². The number of amides is 1.